The standard InChI is InChI=1S/C23H37N/c1-17(15-18-9-12-20(13-10-18)23(2,3)4)16-21-14-11-19-7-5-6-8-22(19)24-21/h9-10,12-13,17,19,21-22,24H,5-8,11,14-16H2,1-4H3. The highest BCUT2D eigenvalue weighted by atomic mass is 15.0. The lowest BCUT2D eigenvalue weighted by atomic mass is 9.76. The third-order valence-electron chi connectivity index (χ3n) is 6.34. The predicted molar refractivity (Wildman–Crippen MR) is 105 cm³/mol. The van der Waals surface area contributed by atoms with E-state index in [2.05, 4.69) is 57.3 Å². The molecule has 1 nitrogen and oxygen atoms in total. The first-order valence-electron chi connectivity index (χ1n) is 10.3. The van der Waals surface area contributed by atoms with Crippen molar-refractivity contribution in [1.29, 1.82) is 0 Å². The molecular weight excluding hydrogens is 290 g/mol. The average molecular weight is 328 g/mol. The monoisotopic (exact) mass is 327 g/mol. The summed E-state index contributed by atoms with van der Waals surface area (Å²) in [5.41, 5.74) is 3.20. The molecule has 2 aliphatic rings. The Labute approximate surface area is 149 Å². The van der Waals surface area contributed by atoms with Crippen LogP contribution in [0.25, 0.3) is 0 Å². The highest BCUT2D eigenvalue weighted by Gasteiger charge is 2.31. The van der Waals surface area contributed by atoms with Gasteiger partial charge in [0.05, 0.1) is 0 Å². The zero-order valence-corrected chi connectivity index (χ0v) is 16.3. The Balaban J connectivity index is 1.49. The molecule has 134 valence electrons. The Morgan fingerprint density at radius 3 is 2.42 bits per heavy atom. The number of rotatable bonds is 4. The van der Waals surface area contributed by atoms with Crippen LogP contribution in [0.3, 0.4) is 0 Å². The second-order valence-electron chi connectivity index (χ2n) is 9.58. The van der Waals surface area contributed by atoms with Crippen molar-refractivity contribution in [3.8, 4) is 0 Å². The summed E-state index contributed by atoms with van der Waals surface area (Å²) in [6, 6.07) is 10.9. The normalized spacial score (nSPS) is 29.1. The Kier molecular flexibility index (Phi) is 5.70. The molecule has 0 aromatic heterocycles. The summed E-state index contributed by atoms with van der Waals surface area (Å²) in [5.74, 6) is 1.75. The third kappa shape index (κ3) is 4.63. The maximum absolute atomic E-state index is 4.00. The number of benzene rings is 1. The van der Waals surface area contributed by atoms with E-state index in [-0.39, 0.29) is 5.41 Å². The van der Waals surface area contributed by atoms with Crippen LogP contribution in [-0.4, -0.2) is 12.1 Å². The molecule has 0 bridgehead atoms. The van der Waals surface area contributed by atoms with Gasteiger partial charge in [0.1, 0.15) is 0 Å². The lowest BCUT2D eigenvalue weighted by Gasteiger charge is -2.41. The summed E-state index contributed by atoms with van der Waals surface area (Å²) in [6.07, 6.45) is 11.2. The van der Waals surface area contributed by atoms with Gasteiger partial charge < -0.3 is 5.32 Å². The van der Waals surface area contributed by atoms with Crippen molar-refractivity contribution < 1.29 is 0 Å². The number of hydrogen-bond acceptors (Lipinski definition) is 1. The van der Waals surface area contributed by atoms with Crippen LogP contribution >= 0.6 is 0 Å². The van der Waals surface area contributed by atoms with Gasteiger partial charge >= 0.3 is 0 Å². The van der Waals surface area contributed by atoms with Crippen LogP contribution in [0, 0.1) is 11.8 Å². The molecule has 0 radical (unpaired) electrons. The molecule has 24 heavy (non-hydrogen) atoms. The van der Waals surface area contributed by atoms with E-state index >= 15 is 0 Å². The summed E-state index contributed by atoms with van der Waals surface area (Å²) < 4.78 is 0. The molecule has 1 heterocycles. The molecule has 1 aromatic rings. The fourth-order valence-electron chi connectivity index (χ4n) is 4.87. The van der Waals surface area contributed by atoms with Gasteiger partial charge in [-0.1, -0.05) is 64.8 Å². The Morgan fingerprint density at radius 1 is 1.00 bits per heavy atom. The smallest absolute Gasteiger partial charge is 0.00979 e. The lowest BCUT2D eigenvalue weighted by Crippen LogP contribution is -2.49. The molecule has 2 fully saturated rings. The van der Waals surface area contributed by atoms with Gasteiger partial charge in [-0.3, -0.25) is 0 Å². The molecule has 1 aliphatic heterocycles. The molecule has 1 saturated heterocycles. The van der Waals surface area contributed by atoms with Gasteiger partial charge in [-0.25, -0.2) is 0 Å². The number of nitrogens with one attached hydrogen (secondary N) is 1. The van der Waals surface area contributed by atoms with Crippen LogP contribution in [0.15, 0.2) is 24.3 Å². The molecule has 1 saturated carbocycles. The zero-order valence-electron chi connectivity index (χ0n) is 16.3. The first kappa shape index (κ1) is 18.0. The van der Waals surface area contributed by atoms with Crippen LogP contribution in [-0.2, 0) is 11.8 Å². The van der Waals surface area contributed by atoms with Gasteiger partial charge in [0.25, 0.3) is 0 Å². The minimum absolute atomic E-state index is 0.257. The average Bonchev–Trinajstić information content (AvgIpc) is 2.54. The third-order valence-corrected chi connectivity index (χ3v) is 6.34. The largest absolute Gasteiger partial charge is 0.311 e. The van der Waals surface area contributed by atoms with Crippen molar-refractivity contribution in [1.82, 2.24) is 5.32 Å². The van der Waals surface area contributed by atoms with E-state index in [4.69, 9.17) is 0 Å². The van der Waals surface area contributed by atoms with Gasteiger partial charge in [0, 0.05) is 12.1 Å². The van der Waals surface area contributed by atoms with Crippen LogP contribution < -0.4 is 5.32 Å². The molecule has 3 rings (SSSR count). The molecular formula is C23H37N. The highest BCUT2D eigenvalue weighted by molar-refractivity contribution is 5.27. The minimum atomic E-state index is 0.257. The van der Waals surface area contributed by atoms with Gasteiger partial charge in [0.15, 0.2) is 0 Å². The molecule has 1 N–H and O–H groups in total. The maximum atomic E-state index is 4.00. The van der Waals surface area contributed by atoms with E-state index in [9.17, 15) is 0 Å². The Morgan fingerprint density at radius 2 is 1.71 bits per heavy atom. The number of fused-ring (bicyclic) bond motifs is 1. The SMILES string of the molecule is CC(Cc1ccc(C(C)(C)C)cc1)CC1CCC2CCCCC2N1. The summed E-state index contributed by atoms with van der Waals surface area (Å²) in [5, 5.41) is 4.00. The van der Waals surface area contributed by atoms with Crippen molar-refractivity contribution in [2.45, 2.75) is 96.6 Å². The second-order valence-corrected chi connectivity index (χ2v) is 9.58. The van der Waals surface area contributed by atoms with Crippen molar-refractivity contribution >= 4 is 0 Å². The molecule has 0 amide bonds. The number of hydrogen-bond donors (Lipinski definition) is 1. The zero-order chi connectivity index (χ0) is 17.2. The van der Waals surface area contributed by atoms with Crippen molar-refractivity contribution in [3.63, 3.8) is 0 Å². The van der Waals surface area contributed by atoms with Crippen LogP contribution in [0.2, 0.25) is 0 Å². The topological polar surface area (TPSA) is 12.0 Å². The molecule has 1 heteroatoms. The van der Waals surface area contributed by atoms with E-state index in [1.54, 1.807) is 0 Å². The molecule has 1 aromatic carbocycles. The van der Waals surface area contributed by atoms with Crippen molar-refractivity contribution in [2.75, 3.05) is 0 Å². The summed E-state index contributed by atoms with van der Waals surface area (Å²) >= 11 is 0. The van der Waals surface area contributed by atoms with E-state index in [0.717, 1.165) is 23.9 Å². The van der Waals surface area contributed by atoms with E-state index in [0.29, 0.717) is 0 Å². The molecule has 1 aliphatic carbocycles. The predicted octanol–water partition coefficient (Wildman–Crippen LogP) is 5.86. The van der Waals surface area contributed by atoms with Gasteiger partial charge in [0.2, 0.25) is 0 Å². The Bertz CT molecular complexity index is 510. The van der Waals surface area contributed by atoms with Crippen molar-refractivity contribution in [3.05, 3.63) is 35.4 Å². The quantitative estimate of drug-likeness (QED) is 0.730. The van der Waals surface area contributed by atoms with Gasteiger partial charge in [-0.05, 0) is 66.9 Å². The summed E-state index contributed by atoms with van der Waals surface area (Å²) in [4.78, 5) is 0. The first-order chi connectivity index (χ1) is 11.4. The first-order valence-corrected chi connectivity index (χ1v) is 10.3. The minimum Gasteiger partial charge on any atom is -0.311 e. The highest BCUT2D eigenvalue weighted by Crippen LogP contribution is 2.33. The summed E-state index contributed by atoms with van der Waals surface area (Å²) in [7, 11) is 0. The molecule has 4 atom stereocenters. The lowest BCUT2D eigenvalue weighted by molar-refractivity contribution is 0.164. The maximum Gasteiger partial charge on any atom is 0.00979 e. The van der Waals surface area contributed by atoms with E-state index in [1.807, 2.05) is 0 Å². The number of piperidine rings is 1. The van der Waals surface area contributed by atoms with Crippen LogP contribution in [0.1, 0.15) is 83.8 Å². The second kappa shape index (κ2) is 7.60. The van der Waals surface area contributed by atoms with E-state index in [1.165, 1.54) is 62.5 Å². The fraction of sp³-hybridized carbons (Fsp3) is 0.739. The summed E-state index contributed by atoms with van der Waals surface area (Å²) in [6.45, 7) is 9.31. The Hall–Kier alpha value is -0.820. The molecule has 0 spiro atoms. The van der Waals surface area contributed by atoms with Crippen LogP contribution in [0.5, 0.6) is 0 Å². The van der Waals surface area contributed by atoms with Gasteiger partial charge in [-0.15, -0.1) is 0 Å². The fourth-order valence-corrected chi connectivity index (χ4v) is 4.87. The van der Waals surface area contributed by atoms with Gasteiger partial charge in [-0.2, -0.15) is 0 Å². The van der Waals surface area contributed by atoms with E-state index < -0.39 is 0 Å². The van der Waals surface area contributed by atoms with Crippen molar-refractivity contribution in [2.24, 2.45) is 11.8 Å². The van der Waals surface area contributed by atoms with Crippen LogP contribution in [0.4, 0.5) is 0 Å². The molecule has 4 unspecified atom stereocenters.